The zero-order valence-corrected chi connectivity index (χ0v) is 21.4. The van der Waals surface area contributed by atoms with Crippen LogP contribution in [0.15, 0.2) is 64.5 Å². The fourth-order valence-electron chi connectivity index (χ4n) is 3.71. The van der Waals surface area contributed by atoms with E-state index in [1.807, 2.05) is 0 Å². The van der Waals surface area contributed by atoms with Crippen molar-refractivity contribution in [2.24, 2.45) is 4.99 Å². The summed E-state index contributed by atoms with van der Waals surface area (Å²) in [6, 6.07) is 14.0. The van der Waals surface area contributed by atoms with Crippen molar-refractivity contribution >= 4 is 21.6 Å². The molecule has 0 spiro atoms. The van der Waals surface area contributed by atoms with E-state index in [-0.39, 0.29) is 29.6 Å². The average Bonchev–Trinajstić information content (AvgIpc) is 3.26. The third-order valence-electron chi connectivity index (χ3n) is 6.01. The third kappa shape index (κ3) is 7.05. The van der Waals surface area contributed by atoms with Crippen LogP contribution in [-0.4, -0.2) is 85.4 Å². The first-order chi connectivity index (χ1) is 17.8. The van der Waals surface area contributed by atoms with Crippen LogP contribution in [0.5, 0.6) is 5.75 Å². The van der Waals surface area contributed by atoms with Crippen LogP contribution in [0.1, 0.15) is 25.3 Å². The van der Waals surface area contributed by atoms with Crippen LogP contribution in [-0.2, 0) is 19.4 Å². The first kappa shape index (κ1) is 28.5. The van der Waals surface area contributed by atoms with E-state index in [9.17, 15) is 23.4 Å². The molecule has 2 atom stereocenters. The maximum absolute atomic E-state index is 13.4. The maximum atomic E-state index is 13.4. The van der Waals surface area contributed by atoms with Gasteiger partial charge in [0.05, 0.1) is 36.5 Å². The number of aliphatic hydroxyl groups excluding tert-OH is 3. The van der Waals surface area contributed by atoms with Crippen molar-refractivity contribution in [1.82, 2.24) is 10.9 Å². The van der Waals surface area contributed by atoms with E-state index < -0.39 is 46.6 Å². The van der Waals surface area contributed by atoms with Gasteiger partial charge in [0.2, 0.25) is 5.90 Å². The molecule has 37 heavy (non-hydrogen) atoms. The number of rotatable bonds is 14. The van der Waals surface area contributed by atoms with Gasteiger partial charge in [-0.3, -0.25) is 10.2 Å². The second-order valence-corrected chi connectivity index (χ2v) is 10.7. The van der Waals surface area contributed by atoms with E-state index in [1.54, 1.807) is 49.4 Å². The Morgan fingerprint density at radius 1 is 1.11 bits per heavy atom. The van der Waals surface area contributed by atoms with E-state index in [0.29, 0.717) is 24.3 Å². The Hall–Kier alpha value is -3.03. The molecule has 11 nitrogen and oxygen atoms in total. The zero-order chi connectivity index (χ0) is 26.9. The number of benzene rings is 2. The molecule has 2 aromatic rings. The zero-order valence-electron chi connectivity index (χ0n) is 20.5. The minimum absolute atomic E-state index is 0.0248. The van der Waals surface area contributed by atoms with Gasteiger partial charge >= 0.3 is 0 Å². The fourth-order valence-corrected chi connectivity index (χ4v) is 5.10. The van der Waals surface area contributed by atoms with Gasteiger partial charge in [0.15, 0.2) is 15.4 Å². The number of sulfone groups is 1. The number of nitrogens with one attached hydrogen (secondary N) is 2. The molecule has 0 fully saturated rings. The summed E-state index contributed by atoms with van der Waals surface area (Å²) in [6.07, 6.45) is -0.495. The predicted octanol–water partition coefficient (Wildman–Crippen LogP) is 0.190. The van der Waals surface area contributed by atoms with Gasteiger partial charge in [0.25, 0.3) is 5.91 Å². The summed E-state index contributed by atoms with van der Waals surface area (Å²) in [7, 11) is -3.72. The molecular formula is C25H33N3O8S. The quantitative estimate of drug-likeness (QED) is 0.168. The normalized spacial score (nSPS) is 19.4. The van der Waals surface area contributed by atoms with Crippen molar-refractivity contribution in [2.75, 3.05) is 32.2 Å². The van der Waals surface area contributed by atoms with Crippen molar-refractivity contribution in [1.29, 1.82) is 0 Å². The van der Waals surface area contributed by atoms with E-state index in [1.165, 1.54) is 12.1 Å². The first-order valence-electron chi connectivity index (χ1n) is 11.9. The lowest BCUT2D eigenvalue weighted by molar-refractivity contribution is -0.130. The van der Waals surface area contributed by atoms with Crippen molar-refractivity contribution < 1.29 is 38.0 Å². The number of amides is 1. The molecule has 0 bridgehead atoms. The largest absolute Gasteiger partial charge is 0.494 e. The molecule has 3 rings (SSSR count). The first-order valence-corrected chi connectivity index (χ1v) is 13.6. The lowest BCUT2D eigenvalue weighted by Crippen LogP contribution is -2.58. The van der Waals surface area contributed by atoms with Gasteiger partial charge in [-0.05, 0) is 49.7 Å². The predicted molar refractivity (Wildman–Crippen MR) is 136 cm³/mol. The molecule has 0 aromatic heterocycles. The van der Waals surface area contributed by atoms with Crippen LogP contribution in [0.4, 0.5) is 0 Å². The Kier molecular flexibility index (Phi) is 10.0. The Balaban J connectivity index is 1.87. The summed E-state index contributed by atoms with van der Waals surface area (Å²) >= 11 is 0. The van der Waals surface area contributed by atoms with Gasteiger partial charge in [0.1, 0.15) is 11.9 Å². The molecule has 1 amide bonds. The topological polar surface area (TPSA) is 167 Å². The molecular weight excluding hydrogens is 502 g/mol. The van der Waals surface area contributed by atoms with Crippen LogP contribution in [0.25, 0.3) is 0 Å². The lowest BCUT2D eigenvalue weighted by Gasteiger charge is -2.29. The summed E-state index contributed by atoms with van der Waals surface area (Å²) in [5, 5.41) is 27.5. The Bertz CT molecular complexity index is 1150. The van der Waals surface area contributed by atoms with Gasteiger partial charge in [-0.15, -0.1) is 0 Å². The smallest absolute Gasteiger partial charge is 0.266 e. The molecule has 1 aliphatic heterocycles. The molecule has 0 saturated carbocycles. The Morgan fingerprint density at radius 3 is 2.41 bits per heavy atom. The molecule has 202 valence electrons. The highest BCUT2D eigenvalue weighted by Crippen LogP contribution is 2.33. The van der Waals surface area contributed by atoms with Gasteiger partial charge in [-0.2, -0.15) is 0 Å². The molecule has 0 saturated heterocycles. The summed E-state index contributed by atoms with van der Waals surface area (Å²) in [5.41, 5.74) is 3.97. The monoisotopic (exact) mass is 535 g/mol. The lowest BCUT2D eigenvalue weighted by atomic mass is 9.90. The number of hydrazine groups is 1. The highest BCUT2D eigenvalue weighted by atomic mass is 32.2. The molecule has 0 aliphatic carbocycles. The molecule has 0 radical (unpaired) electrons. The van der Waals surface area contributed by atoms with E-state index in [0.717, 1.165) is 0 Å². The molecule has 5 N–H and O–H groups in total. The summed E-state index contributed by atoms with van der Waals surface area (Å²) in [5.74, 6) is -0.266. The second-order valence-electron chi connectivity index (χ2n) is 8.59. The van der Waals surface area contributed by atoms with E-state index in [4.69, 9.17) is 14.6 Å². The van der Waals surface area contributed by atoms with Crippen LogP contribution in [0.2, 0.25) is 0 Å². The maximum Gasteiger partial charge on any atom is 0.266 e. The van der Waals surface area contributed by atoms with Gasteiger partial charge < -0.3 is 24.8 Å². The number of hydrogen-bond donors (Lipinski definition) is 5. The highest BCUT2D eigenvalue weighted by molar-refractivity contribution is 7.91. The summed E-state index contributed by atoms with van der Waals surface area (Å²) in [4.78, 5) is 18.1. The number of ether oxygens (including phenoxy) is 2. The second kappa shape index (κ2) is 13.0. The fraction of sp³-hybridized carbons (Fsp3) is 0.440. The molecule has 1 heterocycles. The number of aliphatic hydroxyl groups is 3. The number of aliphatic imine (C=N–C) groups is 1. The van der Waals surface area contributed by atoms with Crippen LogP contribution in [0, 0.1) is 0 Å². The minimum Gasteiger partial charge on any atom is -0.494 e. The number of nitrogens with zero attached hydrogens (tertiary/aromatic N) is 1. The SMILES string of the molecule is C[C@@H]1OC(c2ccc(OCCCO)cc2)=N[C@]1(CCS(=O)(=O)c1ccccc1)C(=O)NNC(CO)CO. The standard InChI is InChI=1S/C25H33N3O8S/c1-18-25(24(32)28-27-20(16-30)17-31,12-15-37(33,34)22-6-3-2-4-7-22)26-23(36-18)19-8-10-21(11-9-19)35-14-5-13-29/h2-4,6-11,18,20,27,29-31H,5,12-17H2,1H3,(H,28,32)/t18-,25-/m0/s1. The van der Waals surface area contributed by atoms with Crippen molar-refractivity contribution in [3.05, 3.63) is 60.2 Å². The number of carbonyl (C=O) groups excluding carboxylic acids is 1. The molecule has 1 aliphatic rings. The van der Waals surface area contributed by atoms with Gasteiger partial charge in [-0.25, -0.2) is 18.8 Å². The van der Waals surface area contributed by atoms with Crippen LogP contribution in [0.3, 0.4) is 0 Å². The number of carbonyl (C=O) groups is 1. The van der Waals surface area contributed by atoms with Gasteiger partial charge in [0, 0.05) is 18.6 Å². The van der Waals surface area contributed by atoms with E-state index in [2.05, 4.69) is 15.8 Å². The van der Waals surface area contributed by atoms with Crippen molar-refractivity contribution in [2.45, 2.75) is 42.3 Å². The summed E-state index contributed by atoms with van der Waals surface area (Å²) < 4.78 is 37.5. The third-order valence-corrected chi connectivity index (χ3v) is 7.74. The van der Waals surface area contributed by atoms with Crippen LogP contribution >= 0.6 is 0 Å². The average molecular weight is 536 g/mol. The van der Waals surface area contributed by atoms with E-state index >= 15 is 0 Å². The number of hydrogen-bond acceptors (Lipinski definition) is 10. The van der Waals surface area contributed by atoms with Crippen LogP contribution < -0.4 is 15.6 Å². The van der Waals surface area contributed by atoms with Crippen molar-refractivity contribution in [3.63, 3.8) is 0 Å². The molecule has 0 unspecified atom stereocenters. The summed E-state index contributed by atoms with van der Waals surface area (Å²) in [6.45, 7) is 1.15. The van der Waals surface area contributed by atoms with Gasteiger partial charge in [-0.1, -0.05) is 18.2 Å². The minimum atomic E-state index is -3.72. The molecule has 12 heteroatoms. The Morgan fingerprint density at radius 2 is 1.78 bits per heavy atom. The highest BCUT2D eigenvalue weighted by Gasteiger charge is 2.51. The molecule has 2 aromatic carbocycles. The Labute approximate surface area is 216 Å². The van der Waals surface area contributed by atoms with Crippen molar-refractivity contribution in [3.8, 4) is 5.75 Å².